The maximum Gasteiger partial charge on any atom is 0.419 e. The molecular weight excluding hydrogens is 246 g/mol. The Kier molecular flexibility index (Phi) is 3.36. The van der Waals surface area contributed by atoms with E-state index < -0.39 is 23.1 Å². The summed E-state index contributed by atoms with van der Waals surface area (Å²) in [6.07, 6.45) is -0.959. The summed E-state index contributed by atoms with van der Waals surface area (Å²) in [6, 6.07) is 3.35. The molecule has 0 heterocycles. The first-order valence-corrected chi connectivity index (χ1v) is 6.00. The maximum atomic E-state index is 14.0. The van der Waals surface area contributed by atoms with Gasteiger partial charge in [-0.3, -0.25) is 0 Å². The van der Waals surface area contributed by atoms with Crippen LogP contribution in [0.3, 0.4) is 0 Å². The molecule has 0 aliphatic heterocycles. The van der Waals surface area contributed by atoms with Crippen LogP contribution in [0.25, 0.3) is 0 Å². The Balaban J connectivity index is 2.45. The molecule has 0 saturated heterocycles. The monoisotopic (exact) mass is 261 g/mol. The van der Waals surface area contributed by atoms with Gasteiger partial charge in [0.25, 0.3) is 0 Å². The van der Waals surface area contributed by atoms with Crippen LogP contribution in [0.2, 0.25) is 0 Å². The molecule has 18 heavy (non-hydrogen) atoms. The third kappa shape index (κ3) is 2.36. The highest BCUT2D eigenvalue weighted by Gasteiger charge is 2.39. The summed E-state index contributed by atoms with van der Waals surface area (Å²) < 4.78 is 51.9. The summed E-state index contributed by atoms with van der Waals surface area (Å²) in [5.74, 6) is -1.21. The van der Waals surface area contributed by atoms with Crippen LogP contribution in [-0.4, -0.2) is 0 Å². The third-order valence-corrected chi connectivity index (χ3v) is 3.59. The predicted octanol–water partition coefficient (Wildman–Crippen LogP) is 3.96. The lowest BCUT2D eigenvalue weighted by Crippen LogP contribution is -2.39. The number of nitrogens with two attached hydrogens (primary N) is 1. The molecule has 5 heteroatoms. The smallest absolute Gasteiger partial charge is 0.321 e. The summed E-state index contributed by atoms with van der Waals surface area (Å²) in [4.78, 5) is 0. The highest BCUT2D eigenvalue weighted by molar-refractivity contribution is 5.33. The topological polar surface area (TPSA) is 26.0 Å². The molecule has 1 aliphatic rings. The van der Waals surface area contributed by atoms with Crippen molar-refractivity contribution >= 4 is 0 Å². The minimum Gasteiger partial charge on any atom is -0.321 e. The van der Waals surface area contributed by atoms with Gasteiger partial charge in [0, 0.05) is 11.1 Å². The van der Waals surface area contributed by atoms with E-state index in [-0.39, 0.29) is 5.56 Å². The third-order valence-electron chi connectivity index (χ3n) is 3.59. The van der Waals surface area contributed by atoms with Gasteiger partial charge in [0.1, 0.15) is 5.82 Å². The van der Waals surface area contributed by atoms with E-state index in [1.165, 1.54) is 12.1 Å². The minimum atomic E-state index is -4.68. The van der Waals surface area contributed by atoms with Gasteiger partial charge in [0.15, 0.2) is 0 Å². The Bertz CT molecular complexity index is 433. The average molecular weight is 261 g/mol. The summed E-state index contributed by atoms with van der Waals surface area (Å²) >= 11 is 0. The minimum absolute atomic E-state index is 0.00275. The molecule has 1 aromatic carbocycles. The number of benzene rings is 1. The van der Waals surface area contributed by atoms with E-state index in [0.29, 0.717) is 12.8 Å². The second-order valence-electron chi connectivity index (χ2n) is 4.88. The van der Waals surface area contributed by atoms with E-state index in [0.717, 1.165) is 25.3 Å². The van der Waals surface area contributed by atoms with Crippen LogP contribution in [0.15, 0.2) is 18.2 Å². The zero-order valence-corrected chi connectivity index (χ0v) is 9.86. The van der Waals surface area contributed by atoms with Crippen LogP contribution in [-0.2, 0) is 11.7 Å². The summed E-state index contributed by atoms with van der Waals surface area (Å²) in [7, 11) is 0. The fourth-order valence-corrected chi connectivity index (χ4v) is 2.59. The number of hydrogen-bond acceptors (Lipinski definition) is 1. The Morgan fingerprint density at radius 3 is 2.22 bits per heavy atom. The van der Waals surface area contributed by atoms with E-state index in [9.17, 15) is 17.6 Å². The first-order valence-electron chi connectivity index (χ1n) is 6.00. The molecule has 1 aliphatic carbocycles. The van der Waals surface area contributed by atoms with Crippen LogP contribution < -0.4 is 5.73 Å². The molecule has 0 aromatic heterocycles. The fourth-order valence-electron chi connectivity index (χ4n) is 2.59. The van der Waals surface area contributed by atoms with Crippen molar-refractivity contribution in [1.29, 1.82) is 0 Å². The molecule has 0 bridgehead atoms. The largest absolute Gasteiger partial charge is 0.419 e. The molecule has 1 saturated carbocycles. The molecule has 1 fully saturated rings. The molecule has 100 valence electrons. The van der Waals surface area contributed by atoms with Crippen LogP contribution in [0.4, 0.5) is 17.6 Å². The van der Waals surface area contributed by atoms with Gasteiger partial charge in [-0.1, -0.05) is 31.4 Å². The van der Waals surface area contributed by atoms with Crippen molar-refractivity contribution < 1.29 is 17.6 Å². The van der Waals surface area contributed by atoms with E-state index >= 15 is 0 Å². The second-order valence-corrected chi connectivity index (χ2v) is 4.88. The Labute approximate surface area is 103 Å². The van der Waals surface area contributed by atoms with Crippen LogP contribution in [0.5, 0.6) is 0 Å². The van der Waals surface area contributed by atoms with E-state index in [2.05, 4.69) is 0 Å². The van der Waals surface area contributed by atoms with Crippen molar-refractivity contribution in [2.45, 2.75) is 43.8 Å². The molecule has 0 spiro atoms. The quantitative estimate of drug-likeness (QED) is 0.761. The van der Waals surface area contributed by atoms with Crippen molar-refractivity contribution in [1.82, 2.24) is 0 Å². The Hall–Kier alpha value is -1.10. The van der Waals surface area contributed by atoms with Gasteiger partial charge in [-0.15, -0.1) is 0 Å². The van der Waals surface area contributed by atoms with Gasteiger partial charge in [0.2, 0.25) is 0 Å². The lowest BCUT2D eigenvalue weighted by molar-refractivity contribution is -0.140. The number of halogens is 4. The lowest BCUT2D eigenvalue weighted by Gasteiger charge is -2.34. The van der Waals surface area contributed by atoms with Gasteiger partial charge in [-0.25, -0.2) is 4.39 Å². The Morgan fingerprint density at radius 2 is 1.67 bits per heavy atom. The van der Waals surface area contributed by atoms with Gasteiger partial charge >= 0.3 is 6.18 Å². The highest BCUT2D eigenvalue weighted by Crippen LogP contribution is 2.39. The normalized spacial score (nSPS) is 19.8. The zero-order chi connectivity index (χ0) is 13.4. The molecule has 2 rings (SSSR count). The summed E-state index contributed by atoms with van der Waals surface area (Å²) in [5.41, 5.74) is 3.90. The second kappa shape index (κ2) is 4.53. The summed E-state index contributed by atoms with van der Waals surface area (Å²) in [6.45, 7) is 0. The highest BCUT2D eigenvalue weighted by atomic mass is 19.4. The lowest BCUT2D eigenvalue weighted by atomic mass is 9.77. The fraction of sp³-hybridized carbons (Fsp3) is 0.538. The number of rotatable bonds is 1. The average Bonchev–Trinajstić information content (AvgIpc) is 2.28. The first kappa shape index (κ1) is 13.3. The van der Waals surface area contributed by atoms with Gasteiger partial charge < -0.3 is 5.73 Å². The zero-order valence-electron chi connectivity index (χ0n) is 9.86. The molecule has 0 atom stereocenters. The summed E-state index contributed by atoms with van der Waals surface area (Å²) in [5, 5.41) is 0. The molecule has 0 amide bonds. The molecule has 1 aromatic rings. The SMILES string of the molecule is NC1(c2cccc(C(F)(F)F)c2F)CCCCC1. The molecule has 0 radical (unpaired) electrons. The standard InChI is InChI=1S/C13H15F4N/c14-11-9(12(18)7-2-1-3-8-12)5-4-6-10(11)13(15,16)17/h4-6H,1-3,7-8,18H2. The van der Waals surface area contributed by atoms with Crippen molar-refractivity contribution in [2.75, 3.05) is 0 Å². The van der Waals surface area contributed by atoms with Crippen LogP contribution in [0, 0.1) is 5.82 Å². The van der Waals surface area contributed by atoms with Crippen molar-refractivity contribution in [3.8, 4) is 0 Å². The maximum absolute atomic E-state index is 14.0. The first-order chi connectivity index (χ1) is 8.34. The van der Waals surface area contributed by atoms with Gasteiger partial charge in [-0.2, -0.15) is 13.2 Å². The molecule has 1 nitrogen and oxygen atoms in total. The van der Waals surface area contributed by atoms with E-state index in [4.69, 9.17) is 5.73 Å². The molecule has 2 N–H and O–H groups in total. The van der Waals surface area contributed by atoms with Gasteiger partial charge in [0.05, 0.1) is 5.56 Å². The molecular formula is C13H15F4N. The molecule has 0 unspecified atom stereocenters. The van der Waals surface area contributed by atoms with Crippen molar-refractivity contribution in [3.05, 3.63) is 35.1 Å². The Morgan fingerprint density at radius 1 is 1.06 bits per heavy atom. The van der Waals surface area contributed by atoms with Crippen molar-refractivity contribution in [2.24, 2.45) is 5.73 Å². The number of hydrogen-bond donors (Lipinski definition) is 1. The van der Waals surface area contributed by atoms with E-state index in [1.54, 1.807) is 0 Å². The van der Waals surface area contributed by atoms with Crippen LogP contribution in [0.1, 0.15) is 43.2 Å². The van der Waals surface area contributed by atoms with E-state index in [1.807, 2.05) is 0 Å². The number of alkyl halides is 3. The van der Waals surface area contributed by atoms with Crippen LogP contribution >= 0.6 is 0 Å². The van der Waals surface area contributed by atoms with Crippen molar-refractivity contribution in [3.63, 3.8) is 0 Å². The van der Waals surface area contributed by atoms with Gasteiger partial charge in [-0.05, 0) is 18.9 Å². The predicted molar refractivity (Wildman–Crippen MR) is 60.4 cm³/mol.